The Morgan fingerprint density at radius 2 is 1.90 bits per heavy atom. The van der Waals surface area contributed by atoms with Crippen LogP contribution in [0.5, 0.6) is 0 Å². The smallest absolute Gasteiger partial charge is 0.152 e. The normalized spacial score (nSPS) is 12.8. The van der Waals surface area contributed by atoms with Crippen LogP contribution in [0.2, 0.25) is 5.02 Å². The standard InChI is InChI=1S/C15H10Br2ClNO/c16-9-4-5-10(11(17)7-9)14(19)13-6-8-2-1-3-12(18)15(8)20-13/h1-7,14H,19H2. The van der Waals surface area contributed by atoms with Gasteiger partial charge in [0, 0.05) is 14.3 Å². The highest BCUT2D eigenvalue weighted by Crippen LogP contribution is 2.34. The number of hydrogen-bond acceptors (Lipinski definition) is 2. The van der Waals surface area contributed by atoms with E-state index in [0.29, 0.717) is 16.4 Å². The van der Waals surface area contributed by atoms with Crippen LogP contribution in [0.4, 0.5) is 0 Å². The van der Waals surface area contributed by atoms with E-state index in [0.717, 1.165) is 19.9 Å². The number of nitrogens with two attached hydrogens (primary N) is 1. The van der Waals surface area contributed by atoms with Crippen LogP contribution < -0.4 is 5.73 Å². The van der Waals surface area contributed by atoms with E-state index in [1.54, 1.807) is 6.07 Å². The van der Waals surface area contributed by atoms with Gasteiger partial charge >= 0.3 is 0 Å². The van der Waals surface area contributed by atoms with Crippen LogP contribution >= 0.6 is 43.5 Å². The van der Waals surface area contributed by atoms with E-state index < -0.39 is 0 Å². The molecule has 2 aromatic carbocycles. The van der Waals surface area contributed by atoms with E-state index >= 15 is 0 Å². The second-order valence-electron chi connectivity index (χ2n) is 4.45. The number of rotatable bonds is 2. The van der Waals surface area contributed by atoms with Gasteiger partial charge in [-0.3, -0.25) is 0 Å². The van der Waals surface area contributed by atoms with Gasteiger partial charge in [-0.25, -0.2) is 0 Å². The lowest BCUT2D eigenvalue weighted by Gasteiger charge is -2.11. The SMILES string of the molecule is NC(c1cc2cccc(Cl)c2o1)c1ccc(Br)cc1Br. The molecule has 0 aliphatic rings. The van der Waals surface area contributed by atoms with E-state index in [1.165, 1.54) is 0 Å². The Morgan fingerprint density at radius 1 is 1.10 bits per heavy atom. The molecule has 1 unspecified atom stereocenters. The largest absolute Gasteiger partial charge is 0.457 e. The summed E-state index contributed by atoms with van der Waals surface area (Å²) < 4.78 is 7.74. The van der Waals surface area contributed by atoms with Gasteiger partial charge in [0.1, 0.15) is 5.76 Å². The van der Waals surface area contributed by atoms with Crippen LogP contribution in [0.25, 0.3) is 11.0 Å². The molecule has 0 aliphatic carbocycles. The minimum Gasteiger partial charge on any atom is -0.457 e. The molecule has 0 saturated heterocycles. The van der Waals surface area contributed by atoms with Crippen molar-refractivity contribution in [2.75, 3.05) is 0 Å². The summed E-state index contributed by atoms with van der Waals surface area (Å²) in [5.74, 6) is 0.691. The number of fused-ring (bicyclic) bond motifs is 1. The molecule has 0 spiro atoms. The topological polar surface area (TPSA) is 39.2 Å². The fourth-order valence-corrected chi connectivity index (χ4v) is 3.62. The highest BCUT2D eigenvalue weighted by molar-refractivity contribution is 9.11. The lowest BCUT2D eigenvalue weighted by atomic mass is 10.1. The van der Waals surface area contributed by atoms with Crippen molar-refractivity contribution in [1.82, 2.24) is 0 Å². The fourth-order valence-electron chi connectivity index (χ4n) is 2.11. The molecule has 0 fully saturated rings. The predicted molar refractivity (Wildman–Crippen MR) is 89.1 cm³/mol. The van der Waals surface area contributed by atoms with Crippen LogP contribution in [0.1, 0.15) is 17.4 Å². The van der Waals surface area contributed by atoms with Crippen LogP contribution in [0.15, 0.2) is 55.8 Å². The zero-order valence-corrected chi connectivity index (χ0v) is 14.2. The first kappa shape index (κ1) is 14.1. The second-order valence-corrected chi connectivity index (χ2v) is 6.63. The zero-order valence-electron chi connectivity index (χ0n) is 10.2. The first-order valence-electron chi connectivity index (χ1n) is 5.95. The monoisotopic (exact) mass is 413 g/mol. The van der Waals surface area contributed by atoms with Crippen LogP contribution in [0.3, 0.4) is 0 Å². The molecule has 3 rings (SSSR count). The van der Waals surface area contributed by atoms with Gasteiger partial charge in [-0.15, -0.1) is 0 Å². The summed E-state index contributed by atoms with van der Waals surface area (Å²) in [6.07, 6.45) is 0. The molecular weight excluding hydrogens is 405 g/mol. The van der Waals surface area contributed by atoms with Gasteiger partial charge in [0.2, 0.25) is 0 Å². The third-order valence-electron chi connectivity index (χ3n) is 3.12. The summed E-state index contributed by atoms with van der Waals surface area (Å²) in [4.78, 5) is 0. The highest BCUT2D eigenvalue weighted by Gasteiger charge is 2.17. The summed E-state index contributed by atoms with van der Waals surface area (Å²) >= 11 is 13.1. The Labute approximate surface area is 138 Å². The van der Waals surface area contributed by atoms with Crippen molar-refractivity contribution in [2.45, 2.75) is 6.04 Å². The molecule has 1 aromatic heterocycles. The molecule has 2 nitrogen and oxygen atoms in total. The molecule has 0 aliphatic heterocycles. The first-order chi connectivity index (χ1) is 9.56. The van der Waals surface area contributed by atoms with Crippen molar-refractivity contribution >= 4 is 54.4 Å². The molecule has 0 bridgehead atoms. The maximum absolute atomic E-state index is 6.30. The van der Waals surface area contributed by atoms with Gasteiger partial charge in [0.05, 0.1) is 11.1 Å². The molecule has 3 aromatic rings. The van der Waals surface area contributed by atoms with Crippen LogP contribution in [-0.2, 0) is 0 Å². The first-order valence-corrected chi connectivity index (χ1v) is 7.91. The third-order valence-corrected chi connectivity index (χ3v) is 4.60. The third kappa shape index (κ3) is 2.53. The summed E-state index contributed by atoms with van der Waals surface area (Å²) in [5.41, 5.74) is 7.93. The summed E-state index contributed by atoms with van der Waals surface area (Å²) in [5, 5.41) is 1.55. The number of furan rings is 1. The summed E-state index contributed by atoms with van der Waals surface area (Å²) in [7, 11) is 0. The summed E-state index contributed by atoms with van der Waals surface area (Å²) in [6, 6.07) is 13.1. The maximum Gasteiger partial charge on any atom is 0.152 e. The number of halogens is 3. The van der Waals surface area contributed by atoms with Crippen molar-refractivity contribution in [1.29, 1.82) is 0 Å². The summed E-state index contributed by atoms with van der Waals surface area (Å²) in [6.45, 7) is 0. The number of benzene rings is 2. The molecule has 1 atom stereocenters. The van der Waals surface area contributed by atoms with E-state index in [-0.39, 0.29) is 6.04 Å². The number of hydrogen-bond donors (Lipinski definition) is 1. The maximum atomic E-state index is 6.30. The van der Waals surface area contributed by atoms with Crippen LogP contribution in [-0.4, -0.2) is 0 Å². The molecule has 0 saturated carbocycles. The average Bonchev–Trinajstić information content (AvgIpc) is 2.83. The molecule has 102 valence electrons. The van der Waals surface area contributed by atoms with Gasteiger partial charge in [-0.2, -0.15) is 0 Å². The average molecular weight is 416 g/mol. The zero-order chi connectivity index (χ0) is 14.3. The lowest BCUT2D eigenvalue weighted by molar-refractivity contribution is 0.524. The van der Waals surface area contributed by atoms with Crippen molar-refractivity contribution in [3.05, 3.63) is 67.8 Å². The van der Waals surface area contributed by atoms with Gasteiger partial charge in [-0.1, -0.05) is 61.7 Å². The quantitative estimate of drug-likeness (QED) is 0.587. The second kappa shape index (κ2) is 5.53. The van der Waals surface area contributed by atoms with Crippen molar-refractivity contribution in [3.63, 3.8) is 0 Å². The Morgan fingerprint density at radius 3 is 2.60 bits per heavy atom. The Hall–Kier alpha value is -0.810. The molecule has 5 heteroatoms. The van der Waals surface area contributed by atoms with Crippen LogP contribution in [0, 0.1) is 0 Å². The molecule has 20 heavy (non-hydrogen) atoms. The van der Waals surface area contributed by atoms with E-state index in [9.17, 15) is 0 Å². The van der Waals surface area contributed by atoms with Gasteiger partial charge in [-0.05, 0) is 29.8 Å². The van der Waals surface area contributed by atoms with Gasteiger partial charge in [0.15, 0.2) is 5.58 Å². The molecule has 2 N–H and O–H groups in total. The molecule has 1 heterocycles. The predicted octanol–water partition coefficient (Wildman–Crippen LogP) is 5.66. The van der Waals surface area contributed by atoms with E-state index in [4.69, 9.17) is 21.8 Å². The van der Waals surface area contributed by atoms with E-state index in [1.807, 2.05) is 36.4 Å². The van der Waals surface area contributed by atoms with Crippen molar-refractivity contribution in [2.24, 2.45) is 5.73 Å². The molecule has 0 radical (unpaired) electrons. The van der Waals surface area contributed by atoms with Gasteiger partial charge in [0.25, 0.3) is 0 Å². The Kier molecular flexibility index (Phi) is 3.91. The van der Waals surface area contributed by atoms with E-state index in [2.05, 4.69) is 31.9 Å². The Balaban J connectivity index is 2.08. The van der Waals surface area contributed by atoms with Crippen molar-refractivity contribution in [3.8, 4) is 0 Å². The fraction of sp³-hybridized carbons (Fsp3) is 0.0667. The molecular formula is C15H10Br2ClNO. The van der Waals surface area contributed by atoms with Crippen molar-refractivity contribution < 1.29 is 4.42 Å². The highest BCUT2D eigenvalue weighted by atomic mass is 79.9. The van der Waals surface area contributed by atoms with Gasteiger partial charge < -0.3 is 10.2 Å². The molecule has 0 amide bonds. The number of para-hydroxylation sites is 1. The minimum atomic E-state index is -0.346. The minimum absolute atomic E-state index is 0.346. The Bertz CT molecular complexity index is 785. The lowest BCUT2D eigenvalue weighted by Crippen LogP contribution is -2.11.